The fraction of sp³-hybridized carbons (Fsp3) is 0.381. The number of para-hydroxylation sites is 1. The summed E-state index contributed by atoms with van der Waals surface area (Å²) in [7, 11) is 1.65. The molecule has 136 valence electrons. The zero-order valence-corrected chi connectivity index (χ0v) is 15.1. The average Bonchev–Trinajstić information content (AvgIpc) is 3.00. The lowest BCUT2D eigenvalue weighted by atomic mass is 10.1. The van der Waals surface area contributed by atoms with Gasteiger partial charge in [0.1, 0.15) is 5.75 Å². The van der Waals surface area contributed by atoms with Gasteiger partial charge in [-0.2, -0.15) is 0 Å². The van der Waals surface area contributed by atoms with Gasteiger partial charge in [0.15, 0.2) is 0 Å². The lowest BCUT2D eigenvalue weighted by Gasteiger charge is -2.25. The van der Waals surface area contributed by atoms with Crippen molar-refractivity contribution < 1.29 is 9.53 Å². The molecular formula is C21H25N3O2. The van der Waals surface area contributed by atoms with Gasteiger partial charge in [0, 0.05) is 36.9 Å². The molecule has 2 aliphatic rings. The average molecular weight is 351 g/mol. The molecular weight excluding hydrogens is 326 g/mol. The molecule has 5 nitrogen and oxygen atoms in total. The normalized spacial score (nSPS) is 22.0. The molecule has 0 radical (unpaired) electrons. The molecule has 2 atom stereocenters. The number of hydrogen-bond donors (Lipinski definition) is 2. The largest absolute Gasteiger partial charge is 0.497 e. The number of carbonyl (C=O) groups is 1. The van der Waals surface area contributed by atoms with Crippen molar-refractivity contribution in [3.05, 3.63) is 54.1 Å². The molecule has 2 unspecified atom stereocenters. The van der Waals surface area contributed by atoms with Crippen LogP contribution < -0.4 is 15.4 Å². The molecule has 2 fully saturated rings. The zero-order chi connectivity index (χ0) is 17.9. The standard InChI is InChI=1S/C21H25N3O2/c1-26-18-6-4-5-16(13-18)23-20-8-3-2-7-19(20)21(25)24-12-11-15-9-10-17(14-24)22-15/h2-8,13,15,17,22-23H,9-12,14H2,1H3. The van der Waals surface area contributed by atoms with Crippen LogP contribution in [0.3, 0.4) is 0 Å². The summed E-state index contributed by atoms with van der Waals surface area (Å²) in [5.41, 5.74) is 2.45. The van der Waals surface area contributed by atoms with Crippen LogP contribution in [0.5, 0.6) is 5.75 Å². The Labute approximate surface area is 154 Å². The summed E-state index contributed by atoms with van der Waals surface area (Å²) in [6, 6.07) is 16.5. The minimum absolute atomic E-state index is 0.102. The molecule has 1 amide bonds. The predicted octanol–water partition coefficient (Wildman–Crippen LogP) is 3.41. The van der Waals surface area contributed by atoms with Crippen LogP contribution in [0.15, 0.2) is 48.5 Å². The minimum Gasteiger partial charge on any atom is -0.497 e. The molecule has 0 saturated carbocycles. The maximum Gasteiger partial charge on any atom is 0.256 e. The van der Waals surface area contributed by atoms with E-state index in [4.69, 9.17) is 4.74 Å². The van der Waals surface area contributed by atoms with Gasteiger partial charge in [0.05, 0.1) is 18.4 Å². The van der Waals surface area contributed by atoms with E-state index in [0.717, 1.165) is 43.1 Å². The van der Waals surface area contributed by atoms with Crippen molar-refractivity contribution >= 4 is 17.3 Å². The van der Waals surface area contributed by atoms with Crippen LogP contribution in [0.2, 0.25) is 0 Å². The fourth-order valence-electron chi connectivity index (χ4n) is 3.93. The van der Waals surface area contributed by atoms with Gasteiger partial charge in [-0.15, -0.1) is 0 Å². The Kier molecular flexibility index (Phi) is 4.80. The molecule has 2 bridgehead atoms. The van der Waals surface area contributed by atoms with Gasteiger partial charge >= 0.3 is 0 Å². The summed E-state index contributed by atoms with van der Waals surface area (Å²) in [5.74, 6) is 0.888. The van der Waals surface area contributed by atoms with Crippen LogP contribution in [0.4, 0.5) is 11.4 Å². The topological polar surface area (TPSA) is 53.6 Å². The Morgan fingerprint density at radius 2 is 1.96 bits per heavy atom. The van der Waals surface area contributed by atoms with Gasteiger partial charge in [0.25, 0.3) is 5.91 Å². The molecule has 2 aromatic carbocycles. The van der Waals surface area contributed by atoms with Crippen LogP contribution in [-0.2, 0) is 0 Å². The van der Waals surface area contributed by atoms with Gasteiger partial charge in [-0.1, -0.05) is 18.2 Å². The third-order valence-corrected chi connectivity index (χ3v) is 5.32. The van der Waals surface area contributed by atoms with Crippen molar-refractivity contribution in [3.63, 3.8) is 0 Å². The number of fused-ring (bicyclic) bond motifs is 2. The molecule has 4 rings (SSSR count). The molecule has 0 aromatic heterocycles. The number of hydrogen-bond acceptors (Lipinski definition) is 4. The highest BCUT2D eigenvalue weighted by Crippen LogP contribution is 2.27. The first-order chi connectivity index (χ1) is 12.7. The number of anilines is 2. The summed E-state index contributed by atoms with van der Waals surface area (Å²) in [4.78, 5) is 15.2. The van der Waals surface area contributed by atoms with Crippen molar-refractivity contribution in [1.82, 2.24) is 10.2 Å². The van der Waals surface area contributed by atoms with E-state index in [1.807, 2.05) is 53.4 Å². The lowest BCUT2D eigenvalue weighted by Crippen LogP contribution is -2.39. The van der Waals surface area contributed by atoms with Gasteiger partial charge < -0.3 is 20.3 Å². The van der Waals surface area contributed by atoms with E-state index >= 15 is 0 Å². The Morgan fingerprint density at radius 1 is 1.12 bits per heavy atom. The number of ether oxygens (including phenoxy) is 1. The number of nitrogens with one attached hydrogen (secondary N) is 2. The molecule has 0 spiro atoms. The van der Waals surface area contributed by atoms with Crippen molar-refractivity contribution in [2.24, 2.45) is 0 Å². The van der Waals surface area contributed by atoms with Gasteiger partial charge in [-0.3, -0.25) is 4.79 Å². The van der Waals surface area contributed by atoms with E-state index < -0.39 is 0 Å². The van der Waals surface area contributed by atoms with E-state index in [9.17, 15) is 4.79 Å². The summed E-state index contributed by atoms with van der Waals surface area (Å²) < 4.78 is 5.29. The van der Waals surface area contributed by atoms with E-state index in [0.29, 0.717) is 17.6 Å². The number of benzene rings is 2. The van der Waals surface area contributed by atoms with Crippen LogP contribution in [0, 0.1) is 0 Å². The lowest BCUT2D eigenvalue weighted by molar-refractivity contribution is 0.0749. The highest BCUT2D eigenvalue weighted by Gasteiger charge is 2.31. The smallest absolute Gasteiger partial charge is 0.256 e. The van der Waals surface area contributed by atoms with E-state index in [1.165, 1.54) is 6.42 Å². The first-order valence-corrected chi connectivity index (χ1v) is 9.28. The van der Waals surface area contributed by atoms with Crippen molar-refractivity contribution in [3.8, 4) is 5.75 Å². The first-order valence-electron chi connectivity index (χ1n) is 9.28. The number of amides is 1. The summed E-state index contributed by atoms with van der Waals surface area (Å²) in [5, 5.41) is 7.01. The molecule has 2 aliphatic heterocycles. The fourth-order valence-corrected chi connectivity index (χ4v) is 3.93. The van der Waals surface area contributed by atoms with Crippen molar-refractivity contribution in [1.29, 1.82) is 0 Å². The van der Waals surface area contributed by atoms with Gasteiger partial charge in [0.2, 0.25) is 0 Å². The number of likely N-dealkylation sites (tertiary alicyclic amines) is 1. The summed E-state index contributed by atoms with van der Waals surface area (Å²) >= 11 is 0. The van der Waals surface area contributed by atoms with Crippen LogP contribution in [0.25, 0.3) is 0 Å². The van der Waals surface area contributed by atoms with Crippen molar-refractivity contribution in [2.75, 3.05) is 25.5 Å². The third kappa shape index (κ3) is 3.53. The highest BCUT2D eigenvalue weighted by molar-refractivity contribution is 6.00. The molecule has 0 aliphatic carbocycles. The second-order valence-electron chi connectivity index (χ2n) is 7.08. The Balaban J connectivity index is 1.55. The van der Waals surface area contributed by atoms with Crippen molar-refractivity contribution in [2.45, 2.75) is 31.3 Å². The first kappa shape index (κ1) is 16.9. The number of rotatable bonds is 4. The summed E-state index contributed by atoms with van der Waals surface area (Å²) in [6.07, 6.45) is 3.44. The minimum atomic E-state index is 0.102. The monoisotopic (exact) mass is 351 g/mol. The Morgan fingerprint density at radius 3 is 2.85 bits per heavy atom. The molecule has 2 aromatic rings. The number of methoxy groups -OCH3 is 1. The number of carbonyl (C=O) groups excluding carboxylic acids is 1. The van der Waals surface area contributed by atoms with Crippen LogP contribution in [-0.4, -0.2) is 43.1 Å². The predicted molar refractivity (Wildman–Crippen MR) is 103 cm³/mol. The molecule has 26 heavy (non-hydrogen) atoms. The SMILES string of the molecule is COc1cccc(Nc2ccccc2C(=O)N2CCC3CCC(C2)N3)c1. The highest BCUT2D eigenvalue weighted by atomic mass is 16.5. The Hall–Kier alpha value is -2.53. The summed E-state index contributed by atoms with van der Waals surface area (Å²) in [6.45, 7) is 1.61. The quantitative estimate of drug-likeness (QED) is 0.886. The second-order valence-corrected chi connectivity index (χ2v) is 7.08. The third-order valence-electron chi connectivity index (χ3n) is 5.32. The maximum absolute atomic E-state index is 13.2. The van der Waals surface area contributed by atoms with Crippen LogP contribution >= 0.6 is 0 Å². The second kappa shape index (κ2) is 7.38. The molecule has 2 N–H and O–H groups in total. The van der Waals surface area contributed by atoms with Crippen LogP contribution in [0.1, 0.15) is 29.6 Å². The molecule has 2 saturated heterocycles. The van der Waals surface area contributed by atoms with Gasteiger partial charge in [-0.05, 0) is 43.5 Å². The molecule has 5 heteroatoms. The van der Waals surface area contributed by atoms with E-state index in [1.54, 1.807) is 7.11 Å². The number of nitrogens with zero attached hydrogens (tertiary/aromatic N) is 1. The Bertz CT molecular complexity index is 792. The molecule has 2 heterocycles. The zero-order valence-electron chi connectivity index (χ0n) is 15.1. The maximum atomic E-state index is 13.2. The van der Waals surface area contributed by atoms with E-state index in [-0.39, 0.29) is 5.91 Å². The van der Waals surface area contributed by atoms with Gasteiger partial charge in [-0.25, -0.2) is 0 Å². The van der Waals surface area contributed by atoms with E-state index in [2.05, 4.69) is 10.6 Å².